The van der Waals surface area contributed by atoms with Crippen LogP contribution in [0.1, 0.15) is 25.2 Å². The number of fused-ring (bicyclic) bond motifs is 1. The van der Waals surface area contributed by atoms with Crippen LogP contribution in [0.5, 0.6) is 0 Å². The van der Waals surface area contributed by atoms with E-state index in [1.54, 1.807) is 23.4 Å². The van der Waals surface area contributed by atoms with Gasteiger partial charge in [0.2, 0.25) is 11.9 Å². The number of benzene rings is 1. The van der Waals surface area contributed by atoms with Gasteiger partial charge in [-0.3, -0.25) is 9.69 Å². The number of hydrogen-bond acceptors (Lipinski definition) is 4. The van der Waals surface area contributed by atoms with Crippen molar-refractivity contribution in [2.24, 2.45) is 0 Å². The molecule has 0 spiro atoms. The van der Waals surface area contributed by atoms with Crippen LogP contribution in [0.15, 0.2) is 48.9 Å². The molecule has 1 aromatic carbocycles. The Morgan fingerprint density at radius 2 is 1.73 bits per heavy atom. The number of nitrogens with zero attached hydrogens (tertiary/aromatic N) is 4. The Kier molecular flexibility index (Phi) is 3.57. The Morgan fingerprint density at radius 3 is 2.42 bits per heavy atom. The van der Waals surface area contributed by atoms with Gasteiger partial charge in [-0.15, -0.1) is 0 Å². The first-order valence-corrected chi connectivity index (χ1v) is 8.27. The number of rotatable bonds is 2. The standard InChI is InChI=1S/C20H17FN4O/c1-12-23-10-14(11-24-12)13-4-5-16-17(8-13)25(19(26)20(16,2)3)15-6-7-22-18(21)9-15/h4-11H,1-3H3. The lowest BCUT2D eigenvalue weighted by molar-refractivity contribution is -0.121. The summed E-state index contributed by atoms with van der Waals surface area (Å²) in [7, 11) is 0. The zero-order valence-electron chi connectivity index (χ0n) is 14.7. The number of carbonyl (C=O) groups excluding carboxylic acids is 1. The number of carbonyl (C=O) groups is 1. The Balaban J connectivity index is 1.89. The van der Waals surface area contributed by atoms with Crippen LogP contribution in [0.3, 0.4) is 0 Å². The van der Waals surface area contributed by atoms with E-state index in [1.165, 1.54) is 12.3 Å². The van der Waals surface area contributed by atoms with Gasteiger partial charge in [-0.2, -0.15) is 4.39 Å². The lowest BCUT2D eigenvalue weighted by Crippen LogP contribution is -2.33. The maximum Gasteiger partial charge on any atom is 0.241 e. The Hall–Kier alpha value is -3.15. The summed E-state index contributed by atoms with van der Waals surface area (Å²) in [6, 6.07) is 8.73. The van der Waals surface area contributed by atoms with E-state index < -0.39 is 11.4 Å². The highest BCUT2D eigenvalue weighted by atomic mass is 19.1. The van der Waals surface area contributed by atoms with Crippen molar-refractivity contribution in [1.82, 2.24) is 15.0 Å². The van der Waals surface area contributed by atoms with Gasteiger partial charge in [0, 0.05) is 30.2 Å². The second-order valence-electron chi connectivity index (χ2n) is 6.85. The van der Waals surface area contributed by atoms with Gasteiger partial charge >= 0.3 is 0 Å². The van der Waals surface area contributed by atoms with Gasteiger partial charge in [0.05, 0.1) is 16.8 Å². The largest absolute Gasteiger partial charge is 0.280 e. The molecule has 130 valence electrons. The number of hydrogen-bond donors (Lipinski definition) is 0. The van der Waals surface area contributed by atoms with E-state index in [1.807, 2.05) is 39.0 Å². The second-order valence-corrected chi connectivity index (χ2v) is 6.85. The molecular formula is C20H17FN4O. The number of halogens is 1. The zero-order valence-corrected chi connectivity index (χ0v) is 14.7. The summed E-state index contributed by atoms with van der Waals surface area (Å²) in [4.78, 5) is 26.6. The predicted octanol–water partition coefficient (Wildman–Crippen LogP) is 3.94. The van der Waals surface area contributed by atoms with Crippen LogP contribution < -0.4 is 4.90 Å². The molecule has 26 heavy (non-hydrogen) atoms. The topological polar surface area (TPSA) is 59.0 Å². The summed E-state index contributed by atoms with van der Waals surface area (Å²) in [6.07, 6.45) is 4.87. The minimum Gasteiger partial charge on any atom is -0.280 e. The third-order valence-electron chi connectivity index (χ3n) is 4.73. The zero-order chi connectivity index (χ0) is 18.5. The van der Waals surface area contributed by atoms with Crippen LogP contribution in [0.25, 0.3) is 11.1 Å². The van der Waals surface area contributed by atoms with E-state index in [2.05, 4.69) is 15.0 Å². The normalized spacial score (nSPS) is 15.2. The van der Waals surface area contributed by atoms with Gasteiger partial charge in [-0.1, -0.05) is 12.1 Å². The monoisotopic (exact) mass is 348 g/mol. The van der Waals surface area contributed by atoms with Crippen molar-refractivity contribution in [3.05, 3.63) is 66.3 Å². The molecule has 0 unspecified atom stereocenters. The maximum atomic E-state index is 13.6. The van der Waals surface area contributed by atoms with E-state index in [4.69, 9.17) is 0 Å². The molecule has 1 amide bonds. The molecule has 0 saturated carbocycles. The van der Waals surface area contributed by atoms with Crippen LogP contribution in [0.2, 0.25) is 0 Å². The highest BCUT2D eigenvalue weighted by molar-refractivity contribution is 6.12. The van der Waals surface area contributed by atoms with Crippen LogP contribution >= 0.6 is 0 Å². The molecule has 0 N–H and O–H groups in total. The van der Waals surface area contributed by atoms with Crippen molar-refractivity contribution in [3.8, 4) is 11.1 Å². The van der Waals surface area contributed by atoms with Gasteiger partial charge < -0.3 is 0 Å². The number of aryl methyl sites for hydroxylation is 1. The third-order valence-corrected chi connectivity index (χ3v) is 4.73. The van der Waals surface area contributed by atoms with Gasteiger partial charge in [0.15, 0.2) is 0 Å². The molecule has 0 atom stereocenters. The number of amides is 1. The Bertz CT molecular complexity index is 1010. The molecule has 0 aliphatic carbocycles. The molecular weight excluding hydrogens is 331 g/mol. The predicted molar refractivity (Wildman–Crippen MR) is 96.6 cm³/mol. The van der Waals surface area contributed by atoms with Crippen molar-refractivity contribution in [1.29, 1.82) is 0 Å². The molecule has 5 nitrogen and oxygen atoms in total. The van der Waals surface area contributed by atoms with E-state index in [9.17, 15) is 9.18 Å². The van der Waals surface area contributed by atoms with Crippen molar-refractivity contribution < 1.29 is 9.18 Å². The molecule has 3 heterocycles. The summed E-state index contributed by atoms with van der Waals surface area (Å²) in [5, 5.41) is 0. The first kappa shape index (κ1) is 16.3. The highest BCUT2D eigenvalue weighted by Gasteiger charge is 2.44. The average Bonchev–Trinajstić information content (AvgIpc) is 2.81. The molecule has 0 radical (unpaired) electrons. The SMILES string of the molecule is Cc1ncc(-c2ccc3c(c2)N(c2ccnc(F)c2)C(=O)C3(C)C)cn1. The van der Waals surface area contributed by atoms with Gasteiger partial charge in [-0.25, -0.2) is 15.0 Å². The van der Waals surface area contributed by atoms with Crippen molar-refractivity contribution in [2.75, 3.05) is 4.90 Å². The Labute approximate surface area is 150 Å². The molecule has 4 rings (SSSR count). The molecule has 0 fully saturated rings. The van der Waals surface area contributed by atoms with E-state index in [0.29, 0.717) is 11.5 Å². The fraction of sp³-hybridized carbons (Fsp3) is 0.200. The van der Waals surface area contributed by atoms with Crippen LogP contribution in [0.4, 0.5) is 15.8 Å². The molecule has 1 aliphatic heterocycles. The summed E-state index contributed by atoms with van der Waals surface area (Å²) >= 11 is 0. The first-order chi connectivity index (χ1) is 12.4. The number of pyridine rings is 1. The van der Waals surface area contributed by atoms with Crippen molar-refractivity contribution in [2.45, 2.75) is 26.2 Å². The molecule has 0 bridgehead atoms. The fourth-order valence-electron chi connectivity index (χ4n) is 3.26. The van der Waals surface area contributed by atoms with Crippen molar-refractivity contribution >= 4 is 17.3 Å². The summed E-state index contributed by atoms with van der Waals surface area (Å²) in [6.45, 7) is 5.58. The molecule has 6 heteroatoms. The molecule has 1 aliphatic rings. The minimum absolute atomic E-state index is 0.101. The van der Waals surface area contributed by atoms with Crippen LogP contribution in [0, 0.1) is 12.9 Å². The van der Waals surface area contributed by atoms with Gasteiger partial charge in [0.1, 0.15) is 5.82 Å². The number of anilines is 2. The summed E-state index contributed by atoms with van der Waals surface area (Å²) < 4.78 is 13.6. The lowest BCUT2D eigenvalue weighted by atomic mass is 9.85. The first-order valence-electron chi connectivity index (χ1n) is 8.27. The van der Waals surface area contributed by atoms with E-state index >= 15 is 0 Å². The molecule has 2 aromatic heterocycles. The smallest absolute Gasteiger partial charge is 0.241 e. The van der Waals surface area contributed by atoms with Crippen LogP contribution in [-0.4, -0.2) is 20.9 Å². The van der Waals surface area contributed by atoms with E-state index in [0.717, 1.165) is 22.4 Å². The lowest BCUT2D eigenvalue weighted by Gasteiger charge is -2.20. The number of aromatic nitrogens is 3. The van der Waals surface area contributed by atoms with Crippen molar-refractivity contribution in [3.63, 3.8) is 0 Å². The van der Waals surface area contributed by atoms with E-state index in [-0.39, 0.29) is 5.91 Å². The maximum absolute atomic E-state index is 13.6. The Morgan fingerprint density at radius 1 is 1.00 bits per heavy atom. The minimum atomic E-state index is -0.697. The van der Waals surface area contributed by atoms with Gasteiger partial charge in [0.25, 0.3) is 0 Å². The fourth-order valence-corrected chi connectivity index (χ4v) is 3.26. The van der Waals surface area contributed by atoms with Crippen LogP contribution in [-0.2, 0) is 10.2 Å². The van der Waals surface area contributed by atoms with Gasteiger partial charge in [-0.05, 0) is 44.0 Å². The second kappa shape index (κ2) is 5.69. The molecule has 3 aromatic rings. The summed E-state index contributed by atoms with van der Waals surface area (Å²) in [5.41, 5.74) is 3.16. The average molecular weight is 348 g/mol. The molecule has 0 saturated heterocycles. The third kappa shape index (κ3) is 2.45. The quantitative estimate of drug-likeness (QED) is 0.658. The highest BCUT2D eigenvalue weighted by Crippen LogP contribution is 2.46. The summed E-state index contributed by atoms with van der Waals surface area (Å²) in [5.74, 6) is -0.0276.